The quantitative estimate of drug-likeness (QED) is 0.787. The fourth-order valence-corrected chi connectivity index (χ4v) is 2.24. The van der Waals surface area contributed by atoms with Crippen LogP contribution in [0.3, 0.4) is 0 Å². The summed E-state index contributed by atoms with van der Waals surface area (Å²) in [4.78, 5) is 11.4. The minimum Gasteiger partial charge on any atom is -0.366 e. The van der Waals surface area contributed by atoms with Crippen LogP contribution in [0, 0.1) is 5.95 Å². The van der Waals surface area contributed by atoms with E-state index in [1.165, 1.54) is 10.9 Å². The summed E-state index contributed by atoms with van der Waals surface area (Å²) in [6.45, 7) is 0.372. The number of fused-ring (bicyclic) bond motifs is 1. The molecular weight excluding hydrogens is 259 g/mol. The third-order valence-electron chi connectivity index (χ3n) is 3.12. The van der Waals surface area contributed by atoms with Crippen molar-refractivity contribution in [3.05, 3.63) is 59.7 Å². The van der Waals surface area contributed by atoms with E-state index in [9.17, 15) is 9.18 Å². The van der Waals surface area contributed by atoms with Crippen LogP contribution in [0.4, 0.5) is 4.39 Å². The van der Waals surface area contributed by atoms with Crippen LogP contribution in [0.2, 0.25) is 0 Å². The van der Waals surface area contributed by atoms with Gasteiger partial charge in [0.1, 0.15) is 0 Å². The number of nitrogens with zero attached hydrogens (tertiary/aromatic N) is 3. The Labute approximate surface area is 113 Å². The maximum absolute atomic E-state index is 12.9. The second kappa shape index (κ2) is 4.73. The number of carbonyl (C=O) groups excluding carboxylic acids is 1. The number of benzene rings is 2. The van der Waals surface area contributed by atoms with Crippen LogP contribution in [0.15, 0.2) is 42.6 Å². The summed E-state index contributed by atoms with van der Waals surface area (Å²) in [6.07, 6.45) is 1.22. The van der Waals surface area contributed by atoms with Gasteiger partial charge >= 0.3 is 0 Å². The van der Waals surface area contributed by atoms with E-state index in [0.29, 0.717) is 12.1 Å². The predicted octanol–water partition coefficient (Wildman–Crippen LogP) is 1.72. The average Bonchev–Trinajstić information content (AvgIpc) is 2.84. The minimum absolute atomic E-state index is 0.372. The summed E-state index contributed by atoms with van der Waals surface area (Å²) in [5.41, 5.74) is 6.75. The maximum atomic E-state index is 12.9. The van der Waals surface area contributed by atoms with Crippen molar-refractivity contribution in [2.45, 2.75) is 6.54 Å². The van der Waals surface area contributed by atoms with Crippen molar-refractivity contribution in [1.29, 1.82) is 0 Å². The number of hydrogen-bond acceptors (Lipinski definition) is 3. The zero-order valence-electron chi connectivity index (χ0n) is 10.5. The fraction of sp³-hybridized carbons (Fsp3) is 0.0714. The van der Waals surface area contributed by atoms with Gasteiger partial charge in [0.25, 0.3) is 5.95 Å². The summed E-state index contributed by atoms with van der Waals surface area (Å²) in [5, 5.41) is 8.65. The topological polar surface area (TPSA) is 73.8 Å². The Morgan fingerprint density at radius 2 is 1.95 bits per heavy atom. The molecule has 0 saturated heterocycles. The number of aromatic nitrogens is 3. The van der Waals surface area contributed by atoms with Crippen LogP contribution in [-0.4, -0.2) is 20.9 Å². The van der Waals surface area contributed by atoms with E-state index in [4.69, 9.17) is 5.73 Å². The molecule has 0 aliphatic carbocycles. The second-order valence-electron chi connectivity index (χ2n) is 4.42. The highest BCUT2D eigenvalue weighted by atomic mass is 19.1. The Balaban J connectivity index is 2.12. The Bertz CT molecular complexity index is 797. The molecule has 0 aliphatic heterocycles. The number of carbonyl (C=O) groups is 1. The number of primary amides is 1. The third kappa shape index (κ3) is 2.11. The van der Waals surface area contributed by atoms with Crippen molar-refractivity contribution in [2.24, 2.45) is 5.73 Å². The van der Waals surface area contributed by atoms with E-state index in [-0.39, 0.29) is 0 Å². The lowest BCUT2D eigenvalue weighted by molar-refractivity contribution is 0.100. The molecule has 6 heteroatoms. The fourth-order valence-electron chi connectivity index (χ4n) is 2.24. The van der Waals surface area contributed by atoms with Crippen LogP contribution in [0.5, 0.6) is 0 Å². The van der Waals surface area contributed by atoms with Crippen molar-refractivity contribution in [3.8, 4) is 0 Å². The molecule has 0 bridgehead atoms. The molecule has 0 spiro atoms. The number of hydrogen-bond donors (Lipinski definition) is 1. The van der Waals surface area contributed by atoms with Gasteiger partial charge in [0.15, 0.2) is 0 Å². The number of nitrogens with two attached hydrogens (primary N) is 1. The zero-order chi connectivity index (χ0) is 14.1. The molecule has 100 valence electrons. The maximum Gasteiger partial charge on any atom is 0.252 e. The third-order valence-corrected chi connectivity index (χ3v) is 3.12. The minimum atomic E-state index is -0.622. The van der Waals surface area contributed by atoms with E-state index in [1.807, 2.05) is 24.3 Å². The molecule has 0 saturated carbocycles. The van der Waals surface area contributed by atoms with Crippen molar-refractivity contribution < 1.29 is 9.18 Å². The van der Waals surface area contributed by atoms with Crippen LogP contribution in [-0.2, 0) is 6.54 Å². The van der Waals surface area contributed by atoms with Crippen molar-refractivity contribution in [3.63, 3.8) is 0 Å². The van der Waals surface area contributed by atoms with Gasteiger partial charge in [-0.3, -0.25) is 4.79 Å². The SMILES string of the molecule is NC(=O)c1ccc(Cn2cc(F)nn2)c2ccccc12. The lowest BCUT2D eigenvalue weighted by Crippen LogP contribution is -2.12. The van der Waals surface area contributed by atoms with Crippen molar-refractivity contribution in [1.82, 2.24) is 15.0 Å². The summed E-state index contributed by atoms with van der Waals surface area (Å²) in [6, 6.07) is 10.9. The highest BCUT2D eigenvalue weighted by Gasteiger charge is 2.10. The lowest BCUT2D eigenvalue weighted by atomic mass is 9.99. The van der Waals surface area contributed by atoms with E-state index in [0.717, 1.165) is 16.3 Å². The van der Waals surface area contributed by atoms with Gasteiger partial charge in [-0.1, -0.05) is 40.6 Å². The zero-order valence-corrected chi connectivity index (χ0v) is 10.5. The first-order valence-electron chi connectivity index (χ1n) is 6.01. The summed E-state index contributed by atoms with van der Waals surface area (Å²) >= 11 is 0. The number of rotatable bonds is 3. The van der Waals surface area contributed by atoms with Gasteiger partial charge in [0, 0.05) is 5.56 Å². The molecule has 0 fully saturated rings. The van der Waals surface area contributed by atoms with E-state index in [1.54, 1.807) is 12.1 Å². The van der Waals surface area contributed by atoms with Gasteiger partial charge in [0.05, 0.1) is 12.7 Å². The first-order valence-corrected chi connectivity index (χ1v) is 6.01. The predicted molar refractivity (Wildman–Crippen MR) is 71.5 cm³/mol. The summed E-state index contributed by atoms with van der Waals surface area (Å²) < 4.78 is 14.3. The Hall–Kier alpha value is -2.76. The molecule has 0 atom stereocenters. The van der Waals surface area contributed by atoms with Crippen molar-refractivity contribution in [2.75, 3.05) is 0 Å². The number of halogens is 1. The van der Waals surface area contributed by atoms with E-state index >= 15 is 0 Å². The van der Waals surface area contributed by atoms with Gasteiger partial charge in [0.2, 0.25) is 5.91 Å². The molecular formula is C14H11FN4O. The normalized spacial score (nSPS) is 10.8. The standard InChI is InChI=1S/C14H11FN4O/c15-13-8-19(18-17-13)7-9-5-6-12(14(16)20)11-4-2-1-3-10(9)11/h1-6,8H,7H2,(H2,16,20). The molecule has 3 aromatic rings. The average molecular weight is 270 g/mol. The van der Waals surface area contributed by atoms with Gasteiger partial charge in [-0.25, -0.2) is 4.68 Å². The molecule has 5 nitrogen and oxygen atoms in total. The second-order valence-corrected chi connectivity index (χ2v) is 4.42. The molecule has 1 heterocycles. The molecule has 0 aliphatic rings. The molecule has 0 unspecified atom stereocenters. The highest BCUT2D eigenvalue weighted by molar-refractivity contribution is 6.07. The highest BCUT2D eigenvalue weighted by Crippen LogP contribution is 2.23. The smallest absolute Gasteiger partial charge is 0.252 e. The van der Waals surface area contributed by atoms with Crippen molar-refractivity contribution >= 4 is 16.7 Å². The summed E-state index contributed by atoms with van der Waals surface area (Å²) in [5.74, 6) is -1.09. The summed E-state index contributed by atoms with van der Waals surface area (Å²) in [7, 11) is 0. The first kappa shape index (κ1) is 12.3. The van der Waals surface area contributed by atoms with Gasteiger partial charge in [-0.2, -0.15) is 4.39 Å². The Morgan fingerprint density at radius 3 is 2.60 bits per heavy atom. The number of amides is 1. The van der Waals surface area contributed by atoms with Crippen LogP contribution >= 0.6 is 0 Å². The Morgan fingerprint density at radius 1 is 1.20 bits per heavy atom. The van der Waals surface area contributed by atoms with E-state index in [2.05, 4.69) is 10.3 Å². The first-order chi connectivity index (χ1) is 9.65. The van der Waals surface area contributed by atoms with Gasteiger partial charge in [-0.15, -0.1) is 0 Å². The van der Waals surface area contributed by atoms with Crippen LogP contribution in [0.25, 0.3) is 10.8 Å². The van der Waals surface area contributed by atoms with Crippen LogP contribution in [0.1, 0.15) is 15.9 Å². The van der Waals surface area contributed by atoms with Gasteiger partial charge in [-0.05, 0) is 22.4 Å². The molecule has 1 amide bonds. The molecule has 3 rings (SSSR count). The van der Waals surface area contributed by atoms with Gasteiger partial charge < -0.3 is 5.73 Å². The largest absolute Gasteiger partial charge is 0.366 e. The molecule has 0 radical (unpaired) electrons. The van der Waals surface area contributed by atoms with Crippen LogP contribution < -0.4 is 5.73 Å². The molecule has 20 heavy (non-hydrogen) atoms. The molecule has 1 aromatic heterocycles. The monoisotopic (exact) mass is 270 g/mol. The Kier molecular flexibility index (Phi) is 2.90. The lowest BCUT2D eigenvalue weighted by Gasteiger charge is -2.09. The molecule has 2 N–H and O–H groups in total. The molecule has 2 aromatic carbocycles. The van der Waals surface area contributed by atoms with E-state index < -0.39 is 11.9 Å².